The van der Waals surface area contributed by atoms with Crippen LogP contribution in [0.1, 0.15) is 13.8 Å². The number of nitro groups is 1. The van der Waals surface area contributed by atoms with Crippen LogP contribution < -0.4 is 0 Å². The molecule has 2 atom stereocenters. The second-order valence-electron chi connectivity index (χ2n) is 2.49. The topological polar surface area (TPSA) is 60.2 Å². The zero-order valence-corrected chi connectivity index (χ0v) is 6.11. The molecule has 0 aromatic heterocycles. The lowest BCUT2D eigenvalue weighted by molar-refractivity contribution is -0.488. The molecule has 0 saturated heterocycles. The number of rotatable bonds is 4. The fraction of sp³-hybridized carbons (Fsp3) is 0.833. The van der Waals surface area contributed by atoms with Crippen LogP contribution in [0.4, 0.5) is 0 Å². The Labute approximate surface area is 59.4 Å². The van der Waals surface area contributed by atoms with Crippen LogP contribution in [-0.4, -0.2) is 17.8 Å². The SMILES string of the molecule is CC(C=O)C(C)C[N+](=O)[O-]. The van der Waals surface area contributed by atoms with E-state index in [1.807, 2.05) is 0 Å². The van der Waals surface area contributed by atoms with Gasteiger partial charge in [0.1, 0.15) is 6.29 Å². The van der Waals surface area contributed by atoms with Crippen LogP contribution in [-0.2, 0) is 4.79 Å². The third kappa shape index (κ3) is 3.17. The van der Waals surface area contributed by atoms with Crippen molar-refractivity contribution in [3.63, 3.8) is 0 Å². The number of carbonyl (C=O) groups is 1. The van der Waals surface area contributed by atoms with Gasteiger partial charge in [0, 0.05) is 16.8 Å². The molecule has 0 bridgehead atoms. The van der Waals surface area contributed by atoms with Crippen molar-refractivity contribution in [1.82, 2.24) is 0 Å². The van der Waals surface area contributed by atoms with Gasteiger partial charge in [-0.3, -0.25) is 10.1 Å². The number of nitrogens with zero attached hydrogens (tertiary/aromatic N) is 1. The molecule has 0 aliphatic heterocycles. The molecule has 0 saturated carbocycles. The third-order valence-corrected chi connectivity index (χ3v) is 1.55. The highest BCUT2D eigenvalue weighted by atomic mass is 16.6. The van der Waals surface area contributed by atoms with Crippen molar-refractivity contribution >= 4 is 6.29 Å². The van der Waals surface area contributed by atoms with Gasteiger partial charge in [-0.2, -0.15) is 0 Å². The first-order valence-electron chi connectivity index (χ1n) is 3.15. The molecule has 0 aliphatic rings. The van der Waals surface area contributed by atoms with Gasteiger partial charge in [0.15, 0.2) is 0 Å². The third-order valence-electron chi connectivity index (χ3n) is 1.55. The molecule has 0 heterocycles. The number of carbonyl (C=O) groups excluding carboxylic acids is 1. The van der Waals surface area contributed by atoms with Gasteiger partial charge < -0.3 is 4.79 Å². The van der Waals surface area contributed by atoms with E-state index in [1.54, 1.807) is 13.8 Å². The summed E-state index contributed by atoms with van der Waals surface area (Å²) in [7, 11) is 0. The maximum atomic E-state index is 10.1. The van der Waals surface area contributed by atoms with Crippen LogP contribution >= 0.6 is 0 Å². The van der Waals surface area contributed by atoms with E-state index in [-0.39, 0.29) is 18.4 Å². The van der Waals surface area contributed by atoms with E-state index in [9.17, 15) is 14.9 Å². The van der Waals surface area contributed by atoms with Gasteiger partial charge in [0.25, 0.3) is 0 Å². The van der Waals surface area contributed by atoms with E-state index in [1.165, 1.54) is 0 Å². The molecule has 0 amide bonds. The Morgan fingerprint density at radius 1 is 1.60 bits per heavy atom. The van der Waals surface area contributed by atoms with Gasteiger partial charge in [-0.25, -0.2) is 0 Å². The van der Waals surface area contributed by atoms with Gasteiger partial charge in [-0.05, 0) is 0 Å². The molecular weight excluding hydrogens is 134 g/mol. The second-order valence-corrected chi connectivity index (χ2v) is 2.49. The van der Waals surface area contributed by atoms with Crippen molar-refractivity contribution in [3.8, 4) is 0 Å². The van der Waals surface area contributed by atoms with E-state index < -0.39 is 4.92 Å². The minimum atomic E-state index is -0.398. The maximum Gasteiger partial charge on any atom is 0.207 e. The molecule has 2 unspecified atom stereocenters. The average Bonchev–Trinajstić information content (AvgIpc) is 1.85. The largest absolute Gasteiger partial charge is 0.303 e. The van der Waals surface area contributed by atoms with E-state index in [0.29, 0.717) is 0 Å². The Bertz CT molecular complexity index is 135. The molecule has 4 heteroatoms. The Morgan fingerprint density at radius 2 is 2.10 bits per heavy atom. The smallest absolute Gasteiger partial charge is 0.207 e. The van der Waals surface area contributed by atoms with E-state index >= 15 is 0 Å². The zero-order valence-electron chi connectivity index (χ0n) is 6.11. The summed E-state index contributed by atoms with van der Waals surface area (Å²) in [6.07, 6.45) is 0.744. The van der Waals surface area contributed by atoms with Crippen molar-refractivity contribution in [2.24, 2.45) is 11.8 Å². The van der Waals surface area contributed by atoms with E-state index in [4.69, 9.17) is 0 Å². The van der Waals surface area contributed by atoms with Gasteiger partial charge >= 0.3 is 0 Å². The van der Waals surface area contributed by atoms with Gasteiger partial charge in [0.05, 0.1) is 0 Å². The molecule has 0 aromatic rings. The van der Waals surface area contributed by atoms with Crippen molar-refractivity contribution in [2.75, 3.05) is 6.54 Å². The molecule has 0 radical (unpaired) electrons. The predicted molar refractivity (Wildman–Crippen MR) is 36.3 cm³/mol. The molecule has 10 heavy (non-hydrogen) atoms. The summed E-state index contributed by atoms with van der Waals surface area (Å²) in [6, 6.07) is 0. The molecule has 58 valence electrons. The standard InChI is InChI=1S/C6H11NO3/c1-5(3-7(9)10)6(2)4-8/h4-6H,3H2,1-2H3. The van der Waals surface area contributed by atoms with Crippen molar-refractivity contribution < 1.29 is 9.72 Å². The summed E-state index contributed by atoms with van der Waals surface area (Å²) in [6.45, 7) is 3.25. The van der Waals surface area contributed by atoms with Gasteiger partial charge in [-0.15, -0.1) is 0 Å². The fourth-order valence-corrected chi connectivity index (χ4v) is 0.536. The van der Waals surface area contributed by atoms with Crippen LogP contribution in [0, 0.1) is 22.0 Å². The van der Waals surface area contributed by atoms with Crippen LogP contribution in [0.2, 0.25) is 0 Å². The van der Waals surface area contributed by atoms with Crippen LogP contribution in [0.25, 0.3) is 0 Å². The summed E-state index contributed by atoms with van der Waals surface area (Å²) in [5.41, 5.74) is 0. The Morgan fingerprint density at radius 3 is 2.40 bits per heavy atom. The average molecular weight is 145 g/mol. The van der Waals surface area contributed by atoms with Crippen LogP contribution in [0.5, 0.6) is 0 Å². The van der Waals surface area contributed by atoms with E-state index in [2.05, 4.69) is 0 Å². The van der Waals surface area contributed by atoms with E-state index in [0.717, 1.165) is 6.29 Å². The minimum Gasteiger partial charge on any atom is -0.303 e. The maximum absolute atomic E-state index is 10.1. The lowest BCUT2D eigenvalue weighted by Crippen LogP contribution is -2.18. The number of hydrogen-bond acceptors (Lipinski definition) is 3. The second kappa shape index (κ2) is 3.98. The fourth-order valence-electron chi connectivity index (χ4n) is 0.536. The Balaban J connectivity index is 3.71. The molecule has 0 fully saturated rings. The lowest BCUT2D eigenvalue weighted by Gasteiger charge is -2.07. The predicted octanol–water partition coefficient (Wildman–Crippen LogP) is 0.734. The molecule has 0 rings (SSSR count). The first-order valence-corrected chi connectivity index (χ1v) is 3.15. The normalized spacial score (nSPS) is 15.8. The minimum absolute atomic E-state index is 0.125. The number of hydrogen-bond donors (Lipinski definition) is 0. The van der Waals surface area contributed by atoms with Crippen molar-refractivity contribution in [2.45, 2.75) is 13.8 Å². The molecular formula is C6H11NO3. The summed E-state index contributed by atoms with van der Waals surface area (Å²) in [4.78, 5) is 19.6. The highest BCUT2D eigenvalue weighted by Gasteiger charge is 2.15. The Kier molecular flexibility index (Phi) is 3.61. The zero-order chi connectivity index (χ0) is 8.15. The highest BCUT2D eigenvalue weighted by Crippen LogP contribution is 2.07. The molecule has 0 spiro atoms. The van der Waals surface area contributed by atoms with Crippen molar-refractivity contribution in [1.29, 1.82) is 0 Å². The lowest BCUT2D eigenvalue weighted by atomic mass is 9.98. The summed E-state index contributed by atoms with van der Waals surface area (Å²) >= 11 is 0. The molecule has 0 N–H and O–H groups in total. The highest BCUT2D eigenvalue weighted by molar-refractivity contribution is 5.53. The molecule has 0 aromatic carbocycles. The van der Waals surface area contributed by atoms with Gasteiger partial charge in [-0.1, -0.05) is 13.8 Å². The Hall–Kier alpha value is -0.930. The van der Waals surface area contributed by atoms with Crippen LogP contribution in [0.15, 0.2) is 0 Å². The first-order chi connectivity index (χ1) is 4.57. The molecule has 0 aliphatic carbocycles. The quantitative estimate of drug-likeness (QED) is 0.333. The monoisotopic (exact) mass is 145 g/mol. The van der Waals surface area contributed by atoms with Crippen LogP contribution in [0.3, 0.4) is 0 Å². The van der Waals surface area contributed by atoms with Gasteiger partial charge in [0.2, 0.25) is 6.54 Å². The first kappa shape index (κ1) is 9.07. The summed E-state index contributed by atoms with van der Waals surface area (Å²) in [5, 5.41) is 9.92. The summed E-state index contributed by atoms with van der Waals surface area (Å²) in [5.74, 6) is -0.377. The summed E-state index contributed by atoms with van der Waals surface area (Å²) < 4.78 is 0. The molecule has 4 nitrogen and oxygen atoms in total. The number of aldehydes is 1. The van der Waals surface area contributed by atoms with Crippen molar-refractivity contribution in [3.05, 3.63) is 10.1 Å².